The maximum absolute atomic E-state index is 11.0. The quantitative estimate of drug-likeness (QED) is 0.787. The van der Waals surface area contributed by atoms with Crippen LogP contribution in [0.3, 0.4) is 0 Å². The molecule has 3 heteroatoms. The molecule has 0 atom stereocenters. The first kappa shape index (κ1) is 12.1. The first-order valence-corrected chi connectivity index (χ1v) is 5.47. The van der Waals surface area contributed by atoms with Gasteiger partial charge in [-0.25, -0.2) is 0 Å². The molecule has 0 aliphatic heterocycles. The summed E-state index contributed by atoms with van der Waals surface area (Å²) in [7, 11) is 0. The topological polar surface area (TPSA) is 29.1 Å². The molecule has 1 rings (SSSR count). The number of aryl methyl sites for hydroxylation is 3. The van der Waals surface area contributed by atoms with Crippen LogP contribution in [0.25, 0.3) is 0 Å². The van der Waals surface area contributed by atoms with Crippen molar-refractivity contribution < 1.29 is 4.79 Å². The van der Waals surface area contributed by atoms with Crippen LogP contribution < -0.4 is 5.32 Å². The lowest BCUT2D eigenvalue weighted by molar-refractivity contribution is -0.118. The maximum Gasteiger partial charge on any atom is 0.235 e. The number of hydrogen-bond acceptors (Lipinski definition) is 1. The van der Waals surface area contributed by atoms with Crippen LogP contribution in [0.15, 0.2) is 12.1 Å². The second-order valence-corrected chi connectivity index (χ2v) is 4.05. The van der Waals surface area contributed by atoms with E-state index >= 15 is 0 Å². The monoisotopic (exact) mass is 225 g/mol. The van der Waals surface area contributed by atoms with E-state index in [2.05, 4.69) is 38.2 Å². The van der Waals surface area contributed by atoms with Gasteiger partial charge in [0.25, 0.3) is 0 Å². The van der Waals surface area contributed by atoms with Gasteiger partial charge >= 0.3 is 0 Å². The van der Waals surface area contributed by atoms with Gasteiger partial charge in [-0.1, -0.05) is 17.7 Å². The summed E-state index contributed by atoms with van der Waals surface area (Å²) < 4.78 is 0. The van der Waals surface area contributed by atoms with Crippen LogP contribution in [0.2, 0.25) is 0 Å². The molecule has 0 fully saturated rings. The Labute approximate surface area is 95.6 Å². The van der Waals surface area contributed by atoms with Crippen LogP contribution in [0.5, 0.6) is 0 Å². The predicted octanol–water partition coefficient (Wildman–Crippen LogP) is 2.47. The number of benzene rings is 1. The largest absolute Gasteiger partial charge is 0.351 e. The van der Waals surface area contributed by atoms with E-state index in [-0.39, 0.29) is 11.8 Å². The van der Waals surface area contributed by atoms with Crippen molar-refractivity contribution in [2.75, 3.05) is 5.88 Å². The third-order valence-electron chi connectivity index (χ3n) is 2.42. The zero-order chi connectivity index (χ0) is 11.4. The molecule has 1 N–H and O–H groups in total. The van der Waals surface area contributed by atoms with Crippen LogP contribution in [-0.4, -0.2) is 11.8 Å². The summed E-state index contributed by atoms with van der Waals surface area (Å²) in [5.74, 6) is -0.111. The number of hydrogen-bond donors (Lipinski definition) is 1. The normalized spacial score (nSPS) is 10.1. The van der Waals surface area contributed by atoms with Crippen LogP contribution in [0, 0.1) is 20.8 Å². The average Bonchev–Trinajstić information content (AvgIpc) is 2.15. The van der Waals surface area contributed by atoms with E-state index in [1.807, 2.05) is 0 Å². The molecule has 0 aliphatic rings. The fourth-order valence-electron chi connectivity index (χ4n) is 1.72. The standard InChI is InChI=1S/C12H16ClNO/c1-8-4-9(2)11(10(3)5-8)7-14-12(15)6-13/h4-5H,6-7H2,1-3H3,(H,14,15). The second-order valence-electron chi connectivity index (χ2n) is 3.79. The van der Waals surface area contributed by atoms with Gasteiger partial charge in [-0.15, -0.1) is 11.6 Å². The number of carbonyl (C=O) groups excluding carboxylic acids is 1. The molecule has 1 amide bonds. The van der Waals surface area contributed by atoms with Crippen molar-refractivity contribution >= 4 is 17.5 Å². The molecule has 2 nitrogen and oxygen atoms in total. The minimum atomic E-state index is -0.129. The number of carbonyl (C=O) groups is 1. The Hall–Kier alpha value is -1.02. The van der Waals surface area contributed by atoms with E-state index in [1.54, 1.807) is 0 Å². The number of amides is 1. The molecular formula is C12H16ClNO. The Morgan fingerprint density at radius 3 is 2.27 bits per heavy atom. The number of rotatable bonds is 3. The number of halogens is 1. The molecule has 0 unspecified atom stereocenters. The van der Waals surface area contributed by atoms with Crippen molar-refractivity contribution in [3.8, 4) is 0 Å². The fourth-order valence-corrected chi connectivity index (χ4v) is 1.82. The molecule has 15 heavy (non-hydrogen) atoms. The van der Waals surface area contributed by atoms with Crippen molar-refractivity contribution in [2.45, 2.75) is 27.3 Å². The molecule has 1 aromatic rings. The Kier molecular flexibility index (Phi) is 4.15. The van der Waals surface area contributed by atoms with Gasteiger partial charge in [0.1, 0.15) is 5.88 Å². The Balaban J connectivity index is 2.81. The lowest BCUT2D eigenvalue weighted by Gasteiger charge is -2.11. The molecule has 0 aliphatic carbocycles. The number of alkyl halides is 1. The first-order valence-electron chi connectivity index (χ1n) is 4.94. The maximum atomic E-state index is 11.0. The molecule has 0 radical (unpaired) electrons. The van der Waals surface area contributed by atoms with E-state index < -0.39 is 0 Å². The third-order valence-corrected chi connectivity index (χ3v) is 2.67. The van der Waals surface area contributed by atoms with Gasteiger partial charge in [-0.05, 0) is 37.5 Å². The van der Waals surface area contributed by atoms with Gasteiger partial charge in [-0.3, -0.25) is 4.79 Å². The SMILES string of the molecule is Cc1cc(C)c(CNC(=O)CCl)c(C)c1. The van der Waals surface area contributed by atoms with Crippen molar-refractivity contribution in [2.24, 2.45) is 0 Å². The summed E-state index contributed by atoms with van der Waals surface area (Å²) in [6, 6.07) is 4.24. The Morgan fingerprint density at radius 1 is 1.27 bits per heavy atom. The van der Waals surface area contributed by atoms with E-state index in [0.717, 1.165) is 0 Å². The van der Waals surface area contributed by atoms with Crippen molar-refractivity contribution in [3.63, 3.8) is 0 Å². The minimum absolute atomic E-state index is 0.0178. The zero-order valence-corrected chi connectivity index (χ0v) is 10.1. The first-order chi connectivity index (χ1) is 7.04. The highest BCUT2D eigenvalue weighted by atomic mass is 35.5. The lowest BCUT2D eigenvalue weighted by atomic mass is 10.00. The Bertz CT molecular complexity index is 351. The van der Waals surface area contributed by atoms with Crippen LogP contribution in [-0.2, 0) is 11.3 Å². The van der Waals surface area contributed by atoms with Crippen molar-refractivity contribution in [3.05, 3.63) is 34.4 Å². The summed E-state index contributed by atoms with van der Waals surface area (Å²) >= 11 is 5.41. The molecular weight excluding hydrogens is 210 g/mol. The van der Waals surface area contributed by atoms with E-state index in [9.17, 15) is 4.79 Å². The molecule has 0 saturated carbocycles. The molecule has 0 spiro atoms. The zero-order valence-electron chi connectivity index (χ0n) is 9.36. The highest BCUT2D eigenvalue weighted by Crippen LogP contribution is 2.15. The van der Waals surface area contributed by atoms with E-state index in [4.69, 9.17) is 11.6 Å². The minimum Gasteiger partial charge on any atom is -0.351 e. The molecule has 0 saturated heterocycles. The predicted molar refractivity (Wildman–Crippen MR) is 63.2 cm³/mol. The summed E-state index contributed by atoms with van der Waals surface area (Å²) in [6.45, 7) is 6.75. The van der Waals surface area contributed by atoms with Crippen molar-refractivity contribution in [1.82, 2.24) is 5.32 Å². The smallest absolute Gasteiger partial charge is 0.235 e. The summed E-state index contributed by atoms with van der Waals surface area (Å²) in [5, 5.41) is 2.78. The van der Waals surface area contributed by atoms with Crippen LogP contribution >= 0.6 is 11.6 Å². The van der Waals surface area contributed by atoms with E-state index in [0.29, 0.717) is 6.54 Å². The fraction of sp³-hybridized carbons (Fsp3) is 0.417. The summed E-state index contributed by atoms with van der Waals surface area (Å²) in [5.41, 5.74) is 4.85. The summed E-state index contributed by atoms with van der Waals surface area (Å²) in [6.07, 6.45) is 0. The van der Waals surface area contributed by atoms with Gasteiger partial charge in [0.2, 0.25) is 5.91 Å². The molecule has 82 valence electrons. The molecule has 0 bridgehead atoms. The van der Waals surface area contributed by atoms with Gasteiger partial charge in [0.05, 0.1) is 0 Å². The second kappa shape index (κ2) is 5.17. The summed E-state index contributed by atoms with van der Waals surface area (Å²) in [4.78, 5) is 11.0. The van der Waals surface area contributed by atoms with Gasteiger partial charge in [0, 0.05) is 6.54 Å². The third kappa shape index (κ3) is 3.24. The molecule has 0 aromatic heterocycles. The van der Waals surface area contributed by atoms with Crippen LogP contribution in [0.4, 0.5) is 0 Å². The highest BCUT2D eigenvalue weighted by molar-refractivity contribution is 6.27. The lowest BCUT2D eigenvalue weighted by Crippen LogP contribution is -2.24. The molecule has 1 aromatic carbocycles. The Morgan fingerprint density at radius 2 is 1.80 bits per heavy atom. The van der Waals surface area contributed by atoms with Gasteiger partial charge in [0.15, 0.2) is 0 Å². The molecule has 0 heterocycles. The average molecular weight is 226 g/mol. The van der Waals surface area contributed by atoms with Gasteiger partial charge in [-0.2, -0.15) is 0 Å². The van der Waals surface area contributed by atoms with Gasteiger partial charge < -0.3 is 5.32 Å². The van der Waals surface area contributed by atoms with Crippen LogP contribution in [0.1, 0.15) is 22.3 Å². The van der Waals surface area contributed by atoms with Crippen molar-refractivity contribution in [1.29, 1.82) is 0 Å². The number of nitrogens with one attached hydrogen (secondary N) is 1. The van der Waals surface area contributed by atoms with E-state index in [1.165, 1.54) is 22.3 Å². The highest BCUT2D eigenvalue weighted by Gasteiger charge is 2.05.